The van der Waals surface area contributed by atoms with Crippen LogP contribution in [0, 0.1) is 0 Å². The molecule has 0 aliphatic heterocycles. The van der Waals surface area contributed by atoms with Crippen LogP contribution in [0.3, 0.4) is 0 Å². The van der Waals surface area contributed by atoms with Crippen LogP contribution in [0.1, 0.15) is 64.7 Å². The Morgan fingerprint density at radius 3 is 2.33 bits per heavy atom. The zero-order valence-electron chi connectivity index (χ0n) is 12.1. The molecule has 18 heavy (non-hydrogen) atoms. The van der Waals surface area contributed by atoms with Crippen LogP contribution in [0.4, 0.5) is 0 Å². The maximum Gasteiger partial charge on any atom is 0.0584 e. The van der Waals surface area contributed by atoms with Gasteiger partial charge in [0.05, 0.1) is 6.61 Å². The fourth-order valence-electron chi connectivity index (χ4n) is 2.82. The zero-order chi connectivity index (χ0) is 13.1. The third kappa shape index (κ3) is 7.34. The minimum absolute atomic E-state index is 0.261. The van der Waals surface area contributed by atoms with E-state index in [1.165, 1.54) is 44.9 Å². The standard InChI is InChI=1S/C15H32N2O/c1-2-8-15(13-18)17-12-11-16-14-9-6-4-3-5-7-10-14/h14-18H,2-13H2,1H3/t15-/m0/s1. The highest BCUT2D eigenvalue weighted by Crippen LogP contribution is 2.16. The first kappa shape index (κ1) is 15.9. The third-order valence-corrected chi connectivity index (χ3v) is 3.95. The van der Waals surface area contributed by atoms with E-state index in [0.29, 0.717) is 0 Å². The Bertz CT molecular complexity index is 179. The van der Waals surface area contributed by atoms with Gasteiger partial charge in [-0.1, -0.05) is 45.4 Å². The number of rotatable bonds is 8. The van der Waals surface area contributed by atoms with Crippen molar-refractivity contribution in [3.05, 3.63) is 0 Å². The summed E-state index contributed by atoms with van der Waals surface area (Å²) in [7, 11) is 0. The van der Waals surface area contributed by atoms with Crippen molar-refractivity contribution >= 4 is 0 Å². The molecule has 0 radical (unpaired) electrons. The van der Waals surface area contributed by atoms with Crippen LogP contribution < -0.4 is 10.6 Å². The highest BCUT2D eigenvalue weighted by Gasteiger charge is 2.10. The van der Waals surface area contributed by atoms with E-state index in [-0.39, 0.29) is 12.6 Å². The number of nitrogens with one attached hydrogen (secondary N) is 2. The summed E-state index contributed by atoms with van der Waals surface area (Å²) in [5.74, 6) is 0. The van der Waals surface area contributed by atoms with Crippen LogP contribution in [0.5, 0.6) is 0 Å². The molecule has 3 heteroatoms. The second-order valence-corrected chi connectivity index (χ2v) is 5.62. The molecular formula is C15H32N2O. The summed E-state index contributed by atoms with van der Waals surface area (Å²) >= 11 is 0. The Kier molecular flexibility index (Phi) is 9.54. The minimum Gasteiger partial charge on any atom is -0.395 e. The van der Waals surface area contributed by atoms with Gasteiger partial charge in [-0.05, 0) is 19.3 Å². The Hall–Kier alpha value is -0.120. The van der Waals surface area contributed by atoms with Gasteiger partial charge in [0.25, 0.3) is 0 Å². The van der Waals surface area contributed by atoms with Crippen LogP contribution in [-0.2, 0) is 0 Å². The van der Waals surface area contributed by atoms with Crippen molar-refractivity contribution in [3.8, 4) is 0 Å². The highest BCUT2D eigenvalue weighted by molar-refractivity contribution is 4.71. The Balaban J connectivity index is 2.04. The van der Waals surface area contributed by atoms with E-state index in [1.807, 2.05) is 0 Å². The Morgan fingerprint density at radius 2 is 1.72 bits per heavy atom. The van der Waals surface area contributed by atoms with Gasteiger partial charge in [0.1, 0.15) is 0 Å². The largest absolute Gasteiger partial charge is 0.395 e. The number of hydrogen-bond acceptors (Lipinski definition) is 3. The van der Waals surface area contributed by atoms with Crippen LogP contribution in [0.2, 0.25) is 0 Å². The first-order valence-corrected chi connectivity index (χ1v) is 7.94. The van der Waals surface area contributed by atoms with E-state index in [2.05, 4.69) is 17.6 Å². The molecule has 1 aliphatic carbocycles. The molecule has 1 saturated carbocycles. The summed E-state index contributed by atoms with van der Waals surface area (Å²) in [6.45, 7) is 4.43. The number of aliphatic hydroxyl groups is 1. The lowest BCUT2D eigenvalue weighted by Gasteiger charge is -2.22. The van der Waals surface area contributed by atoms with E-state index in [0.717, 1.165) is 32.0 Å². The maximum atomic E-state index is 9.19. The summed E-state index contributed by atoms with van der Waals surface area (Å²) in [6.07, 6.45) is 11.9. The van der Waals surface area contributed by atoms with E-state index in [9.17, 15) is 5.11 Å². The van der Waals surface area contributed by atoms with Gasteiger partial charge in [-0.2, -0.15) is 0 Å². The zero-order valence-corrected chi connectivity index (χ0v) is 12.1. The molecule has 3 nitrogen and oxygen atoms in total. The van der Waals surface area contributed by atoms with E-state index >= 15 is 0 Å². The van der Waals surface area contributed by atoms with Crippen LogP contribution in [0.25, 0.3) is 0 Å². The second kappa shape index (κ2) is 10.8. The first-order chi connectivity index (χ1) is 8.86. The van der Waals surface area contributed by atoms with E-state index in [4.69, 9.17) is 0 Å². The van der Waals surface area contributed by atoms with Gasteiger partial charge >= 0.3 is 0 Å². The van der Waals surface area contributed by atoms with Crippen molar-refractivity contribution in [2.75, 3.05) is 19.7 Å². The van der Waals surface area contributed by atoms with Crippen molar-refractivity contribution in [1.82, 2.24) is 10.6 Å². The van der Waals surface area contributed by atoms with Crippen molar-refractivity contribution in [2.24, 2.45) is 0 Å². The van der Waals surface area contributed by atoms with Crippen molar-refractivity contribution in [3.63, 3.8) is 0 Å². The third-order valence-electron chi connectivity index (χ3n) is 3.95. The van der Waals surface area contributed by atoms with Gasteiger partial charge in [0, 0.05) is 25.2 Å². The fourth-order valence-corrected chi connectivity index (χ4v) is 2.82. The number of hydrogen-bond donors (Lipinski definition) is 3. The molecular weight excluding hydrogens is 224 g/mol. The first-order valence-electron chi connectivity index (χ1n) is 7.94. The summed E-state index contributed by atoms with van der Waals surface area (Å²) in [5, 5.41) is 16.3. The predicted molar refractivity (Wildman–Crippen MR) is 77.9 cm³/mol. The molecule has 0 heterocycles. The average molecular weight is 256 g/mol. The van der Waals surface area contributed by atoms with Crippen LogP contribution >= 0.6 is 0 Å². The summed E-state index contributed by atoms with van der Waals surface area (Å²) in [6, 6.07) is 1.01. The summed E-state index contributed by atoms with van der Waals surface area (Å²) in [5.41, 5.74) is 0. The van der Waals surface area contributed by atoms with Crippen molar-refractivity contribution in [2.45, 2.75) is 76.8 Å². The van der Waals surface area contributed by atoms with Gasteiger partial charge in [-0.25, -0.2) is 0 Å². The predicted octanol–water partition coefficient (Wildman–Crippen LogP) is 2.44. The minimum atomic E-state index is 0.261. The molecule has 3 N–H and O–H groups in total. The molecule has 0 spiro atoms. The lowest BCUT2D eigenvalue weighted by Crippen LogP contribution is -2.40. The fraction of sp³-hybridized carbons (Fsp3) is 1.00. The summed E-state index contributed by atoms with van der Waals surface area (Å²) in [4.78, 5) is 0. The Labute approximate surface area is 113 Å². The topological polar surface area (TPSA) is 44.3 Å². The van der Waals surface area contributed by atoms with Gasteiger partial charge in [0.2, 0.25) is 0 Å². The quantitative estimate of drug-likeness (QED) is 0.585. The normalized spacial score (nSPS) is 20.3. The molecule has 1 aliphatic rings. The maximum absolute atomic E-state index is 9.19. The smallest absolute Gasteiger partial charge is 0.0584 e. The molecule has 1 fully saturated rings. The van der Waals surface area contributed by atoms with Gasteiger partial charge in [0.15, 0.2) is 0 Å². The molecule has 0 aromatic carbocycles. The van der Waals surface area contributed by atoms with Crippen LogP contribution in [0.15, 0.2) is 0 Å². The van der Waals surface area contributed by atoms with Crippen LogP contribution in [-0.4, -0.2) is 36.9 Å². The summed E-state index contributed by atoms with van der Waals surface area (Å²) < 4.78 is 0. The molecule has 0 unspecified atom stereocenters. The molecule has 1 atom stereocenters. The van der Waals surface area contributed by atoms with Crippen molar-refractivity contribution in [1.29, 1.82) is 0 Å². The molecule has 0 aromatic heterocycles. The lowest BCUT2D eigenvalue weighted by molar-refractivity contribution is 0.234. The van der Waals surface area contributed by atoms with Gasteiger partial charge in [-0.15, -0.1) is 0 Å². The molecule has 108 valence electrons. The molecule has 0 aromatic rings. The Morgan fingerprint density at radius 1 is 1.06 bits per heavy atom. The van der Waals surface area contributed by atoms with Crippen molar-refractivity contribution < 1.29 is 5.11 Å². The van der Waals surface area contributed by atoms with Gasteiger partial charge in [-0.3, -0.25) is 0 Å². The SMILES string of the molecule is CCC[C@@H](CO)NCCNC1CCCCCCC1. The molecule has 0 saturated heterocycles. The lowest BCUT2D eigenvalue weighted by atomic mass is 9.97. The second-order valence-electron chi connectivity index (χ2n) is 5.62. The monoisotopic (exact) mass is 256 g/mol. The highest BCUT2D eigenvalue weighted by atomic mass is 16.3. The number of aliphatic hydroxyl groups excluding tert-OH is 1. The van der Waals surface area contributed by atoms with E-state index in [1.54, 1.807) is 0 Å². The van der Waals surface area contributed by atoms with E-state index < -0.39 is 0 Å². The average Bonchev–Trinajstić information content (AvgIpc) is 2.35. The molecule has 0 bridgehead atoms. The molecule has 1 rings (SSSR count). The molecule has 0 amide bonds. The van der Waals surface area contributed by atoms with Gasteiger partial charge < -0.3 is 15.7 Å².